The van der Waals surface area contributed by atoms with Crippen molar-refractivity contribution in [1.82, 2.24) is 9.47 Å². The lowest BCUT2D eigenvalue weighted by Crippen LogP contribution is -2.49. The summed E-state index contributed by atoms with van der Waals surface area (Å²) in [5.74, 6) is 1.32. The van der Waals surface area contributed by atoms with Crippen LogP contribution in [0.25, 0.3) is 11.1 Å². The summed E-state index contributed by atoms with van der Waals surface area (Å²) in [6.45, 7) is 1.99. The number of likely N-dealkylation sites (tertiary alicyclic amines) is 1. The van der Waals surface area contributed by atoms with Crippen LogP contribution in [0.1, 0.15) is 28.4 Å². The Hall–Kier alpha value is -3.34. The van der Waals surface area contributed by atoms with Crippen LogP contribution < -0.4 is 10.3 Å². The summed E-state index contributed by atoms with van der Waals surface area (Å²) < 4.78 is 7.22. The van der Waals surface area contributed by atoms with Crippen molar-refractivity contribution in [3.05, 3.63) is 88.3 Å². The standard InChI is InChI=1S/C25H24N2O3/c1-30-21-9-7-18(8-10-21)22-11-12-23(28)27-15-17-13-20(24(22)27)16-26(14-17)25(29)19-5-3-2-4-6-19/h2-12,17,20H,13-16H2,1H3/t17-,20-/m0/s1. The van der Waals surface area contributed by atoms with E-state index < -0.39 is 0 Å². The molecule has 1 fully saturated rings. The molecule has 2 aliphatic heterocycles. The molecule has 5 heteroatoms. The average Bonchev–Trinajstić information content (AvgIpc) is 2.80. The minimum absolute atomic E-state index is 0.0415. The molecule has 3 heterocycles. The topological polar surface area (TPSA) is 51.5 Å². The van der Waals surface area contributed by atoms with Crippen molar-refractivity contribution in [1.29, 1.82) is 0 Å². The molecule has 2 aromatic carbocycles. The molecule has 2 aliphatic rings. The van der Waals surface area contributed by atoms with E-state index in [0.717, 1.165) is 34.6 Å². The predicted molar refractivity (Wildman–Crippen MR) is 116 cm³/mol. The van der Waals surface area contributed by atoms with Crippen LogP contribution in [-0.4, -0.2) is 35.6 Å². The van der Waals surface area contributed by atoms with Crippen LogP contribution in [-0.2, 0) is 6.54 Å². The Kier molecular flexibility index (Phi) is 4.66. The van der Waals surface area contributed by atoms with Crippen LogP contribution in [0.5, 0.6) is 5.75 Å². The van der Waals surface area contributed by atoms with Crippen LogP contribution in [0.2, 0.25) is 0 Å². The van der Waals surface area contributed by atoms with E-state index in [9.17, 15) is 9.59 Å². The third kappa shape index (κ3) is 3.20. The number of hydrogen-bond donors (Lipinski definition) is 0. The number of hydrogen-bond acceptors (Lipinski definition) is 3. The maximum Gasteiger partial charge on any atom is 0.253 e. The first kappa shape index (κ1) is 18.7. The number of fused-ring (bicyclic) bond motifs is 4. The number of nitrogens with zero attached hydrogens (tertiary/aromatic N) is 2. The van der Waals surface area contributed by atoms with Gasteiger partial charge in [0.05, 0.1) is 7.11 Å². The summed E-state index contributed by atoms with van der Waals surface area (Å²) in [7, 11) is 1.65. The fourth-order valence-electron chi connectivity index (χ4n) is 4.96. The zero-order chi connectivity index (χ0) is 20.7. The van der Waals surface area contributed by atoms with Gasteiger partial charge >= 0.3 is 0 Å². The number of carbonyl (C=O) groups is 1. The summed E-state index contributed by atoms with van der Waals surface area (Å²) in [6, 6.07) is 21.0. The van der Waals surface area contributed by atoms with Crippen molar-refractivity contribution in [2.24, 2.45) is 5.92 Å². The van der Waals surface area contributed by atoms with Crippen LogP contribution in [0, 0.1) is 5.92 Å². The molecular formula is C25H24N2O3. The van der Waals surface area contributed by atoms with Gasteiger partial charge in [-0.2, -0.15) is 0 Å². The first-order valence-electron chi connectivity index (χ1n) is 10.4. The molecule has 1 saturated heterocycles. The Bertz CT molecular complexity index is 1140. The van der Waals surface area contributed by atoms with Crippen molar-refractivity contribution >= 4 is 5.91 Å². The Labute approximate surface area is 175 Å². The van der Waals surface area contributed by atoms with E-state index in [1.54, 1.807) is 13.2 Å². The number of aromatic nitrogens is 1. The molecule has 3 aromatic rings. The number of pyridine rings is 1. The van der Waals surface area contributed by atoms with Gasteiger partial charge in [-0.05, 0) is 48.2 Å². The Morgan fingerprint density at radius 3 is 2.43 bits per heavy atom. The van der Waals surface area contributed by atoms with E-state index in [0.29, 0.717) is 25.6 Å². The number of methoxy groups -OCH3 is 1. The zero-order valence-electron chi connectivity index (χ0n) is 17.0. The first-order valence-corrected chi connectivity index (χ1v) is 10.4. The van der Waals surface area contributed by atoms with Gasteiger partial charge in [0.1, 0.15) is 5.75 Å². The second-order valence-corrected chi connectivity index (χ2v) is 8.18. The summed E-state index contributed by atoms with van der Waals surface area (Å²) >= 11 is 0. The molecular weight excluding hydrogens is 376 g/mol. The van der Waals surface area contributed by atoms with Crippen molar-refractivity contribution in [3.8, 4) is 16.9 Å². The van der Waals surface area contributed by atoms with E-state index in [1.807, 2.05) is 70.1 Å². The van der Waals surface area contributed by atoms with Gasteiger partial charge in [-0.25, -0.2) is 0 Å². The van der Waals surface area contributed by atoms with Gasteiger partial charge in [-0.1, -0.05) is 30.3 Å². The number of piperidine rings is 1. The highest BCUT2D eigenvalue weighted by Gasteiger charge is 2.38. The molecule has 5 rings (SSSR count). The molecule has 1 aromatic heterocycles. The third-order valence-corrected chi connectivity index (χ3v) is 6.30. The Morgan fingerprint density at radius 1 is 0.933 bits per heavy atom. The molecule has 0 spiro atoms. The minimum atomic E-state index is 0.0415. The van der Waals surface area contributed by atoms with E-state index in [1.165, 1.54) is 0 Å². The fourth-order valence-corrected chi connectivity index (χ4v) is 4.96. The highest BCUT2D eigenvalue weighted by atomic mass is 16.5. The highest BCUT2D eigenvalue weighted by Crippen LogP contribution is 2.40. The van der Waals surface area contributed by atoms with Gasteiger partial charge < -0.3 is 14.2 Å². The molecule has 1 amide bonds. The molecule has 152 valence electrons. The van der Waals surface area contributed by atoms with Crippen molar-refractivity contribution in [2.45, 2.75) is 18.9 Å². The summed E-state index contributed by atoms with van der Waals surface area (Å²) in [5, 5.41) is 0. The minimum Gasteiger partial charge on any atom is -0.497 e. The van der Waals surface area contributed by atoms with Gasteiger partial charge in [0.25, 0.3) is 11.5 Å². The lowest BCUT2D eigenvalue weighted by molar-refractivity contribution is 0.0595. The molecule has 2 bridgehead atoms. The maximum atomic E-state index is 13.1. The van der Waals surface area contributed by atoms with E-state index >= 15 is 0 Å². The van der Waals surface area contributed by atoms with Crippen LogP contribution >= 0.6 is 0 Å². The second-order valence-electron chi connectivity index (χ2n) is 8.18. The van der Waals surface area contributed by atoms with E-state index in [4.69, 9.17) is 4.74 Å². The number of rotatable bonds is 3. The van der Waals surface area contributed by atoms with E-state index in [-0.39, 0.29) is 17.4 Å². The molecule has 30 heavy (non-hydrogen) atoms. The van der Waals surface area contributed by atoms with Crippen LogP contribution in [0.3, 0.4) is 0 Å². The Morgan fingerprint density at radius 2 is 1.70 bits per heavy atom. The lowest BCUT2D eigenvalue weighted by atomic mass is 9.80. The fraction of sp³-hybridized carbons (Fsp3) is 0.280. The number of carbonyl (C=O) groups excluding carboxylic acids is 1. The molecule has 0 saturated carbocycles. The summed E-state index contributed by atoms with van der Waals surface area (Å²) in [5.41, 5.74) is 3.94. The number of ether oxygens (including phenoxy) is 1. The van der Waals surface area contributed by atoms with Gasteiger partial charge in [0.2, 0.25) is 0 Å². The Balaban J connectivity index is 1.53. The van der Waals surface area contributed by atoms with E-state index in [2.05, 4.69) is 0 Å². The quantitative estimate of drug-likeness (QED) is 0.672. The number of amides is 1. The SMILES string of the molecule is COc1ccc(-c2ccc(=O)n3c2[C@H]2C[C@@H](CN(C(=O)c4ccccc4)C2)C3)cc1. The van der Waals surface area contributed by atoms with Gasteiger partial charge in [-0.15, -0.1) is 0 Å². The van der Waals surface area contributed by atoms with Crippen molar-refractivity contribution < 1.29 is 9.53 Å². The van der Waals surface area contributed by atoms with Gasteiger partial charge in [0.15, 0.2) is 0 Å². The first-order chi connectivity index (χ1) is 14.6. The molecule has 0 N–H and O–H groups in total. The second kappa shape index (κ2) is 7.48. The maximum absolute atomic E-state index is 13.1. The normalized spacial score (nSPS) is 19.8. The highest BCUT2D eigenvalue weighted by molar-refractivity contribution is 5.94. The molecule has 0 radical (unpaired) electrons. The molecule has 2 atom stereocenters. The number of benzene rings is 2. The molecule has 0 aliphatic carbocycles. The predicted octanol–water partition coefficient (Wildman–Crippen LogP) is 3.78. The molecule has 5 nitrogen and oxygen atoms in total. The summed E-state index contributed by atoms with van der Waals surface area (Å²) in [4.78, 5) is 27.7. The van der Waals surface area contributed by atoms with Gasteiger partial charge in [-0.3, -0.25) is 9.59 Å². The monoisotopic (exact) mass is 400 g/mol. The third-order valence-electron chi connectivity index (χ3n) is 6.30. The zero-order valence-corrected chi connectivity index (χ0v) is 17.0. The smallest absolute Gasteiger partial charge is 0.253 e. The summed E-state index contributed by atoms with van der Waals surface area (Å²) in [6.07, 6.45) is 1.01. The van der Waals surface area contributed by atoms with Crippen LogP contribution in [0.15, 0.2) is 71.5 Å². The average molecular weight is 400 g/mol. The van der Waals surface area contributed by atoms with Gasteiger partial charge in [0, 0.05) is 48.4 Å². The van der Waals surface area contributed by atoms with Crippen molar-refractivity contribution in [2.75, 3.05) is 20.2 Å². The largest absolute Gasteiger partial charge is 0.497 e. The van der Waals surface area contributed by atoms with Crippen LogP contribution in [0.4, 0.5) is 0 Å². The molecule has 0 unspecified atom stereocenters. The lowest BCUT2D eigenvalue weighted by Gasteiger charge is -2.43. The van der Waals surface area contributed by atoms with Crippen molar-refractivity contribution in [3.63, 3.8) is 0 Å².